The van der Waals surface area contributed by atoms with Crippen LogP contribution in [-0.4, -0.2) is 19.9 Å². The van der Waals surface area contributed by atoms with E-state index in [0.29, 0.717) is 23.4 Å². The Labute approximate surface area is 263 Å². The summed E-state index contributed by atoms with van der Waals surface area (Å²) in [5.41, 5.74) is 8.89. The van der Waals surface area contributed by atoms with Crippen molar-refractivity contribution in [2.75, 3.05) is 0 Å². The molecule has 0 saturated heterocycles. The summed E-state index contributed by atoms with van der Waals surface area (Å²) < 4.78 is 12.4. The Morgan fingerprint density at radius 2 is 0.957 bits per heavy atom. The Kier molecular flexibility index (Phi) is 6.03. The molecule has 6 nitrogen and oxygen atoms in total. The van der Waals surface area contributed by atoms with Crippen LogP contribution in [0.4, 0.5) is 0 Å². The summed E-state index contributed by atoms with van der Waals surface area (Å²) in [6.45, 7) is 0. The molecule has 46 heavy (non-hydrogen) atoms. The lowest BCUT2D eigenvalue weighted by atomic mass is 9.98. The number of nitrogens with zero attached hydrogens (tertiary/aromatic N) is 4. The van der Waals surface area contributed by atoms with Gasteiger partial charge in [-0.15, -0.1) is 0 Å². The Hall–Kier alpha value is -6.40. The number of fused-ring (bicyclic) bond motifs is 4. The number of hydrogen-bond acceptors (Lipinski definition) is 6. The van der Waals surface area contributed by atoms with Crippen molar-refractivity contribution in [1.82, 2.24) is 19.9 Å². The minimum atomic E-state index is 0.596. The molecule has 0 atom stereocenters. The van der Waals surface area contributed by atoms with Gasteiger partial charge in [0, 0.05) is 33.0 Å². The molecule has 3 aromatic heterocycles. The maximum Gasteiger partial charge on any atom is 0.227 e. The largest absolute Gasteiger partial charge is 0.456 e. The van der Waals surface area contributed by atoms with Crippen molar-refractivity contribution in [3.63, 3.8) is 0 Å². The topological polar surface area (TPSA) is 77.8 Å². The van der Waals surface area contributed by atoms with Crippen molar-refractivity contribution in [3.05, 3.63) is 146 Å². The zero-order valence-corrected chi connectivity index (χ0v) is 24.5. The molecule has 0 radical (unpaired) electrons. The summed E-state index contributed by atoms with van der Waals surface area (Å²) in [7, 11) is 0. The second kappa shape index (κ2) is 10.6. The van der Waals surface area contributed by atoms with Crippen LogP contribution in [-0.2, 0) is 0 Å². The normalized spacial score (nSPS) is 11.5. The van der Waals surface area contributed by atoms with Crippen LogP contribution in [0.5, 0.6) is 0 Å². The molecule has 0 aliphatic rings. The highest BCUT2D eigenvalue weighted by molar-refractivity contribution is 6.13. The summed E-state index contributed by atoms with van der Waals surface area (Å²) in [6.07, 6.45) is 0. The minimum absolute atomic E-state index is 0.596. The van der Waals surface area contributed by atoms with Gasteiger partial charge in [-0.2, -0.15) is 0 Å². The van der Waals surface area contributed by atoms with Crippen LogP contribution in [0.25, 0.3) is 89.8 Å². The standard InChI is InChI=1S/C40H24N4O2/c1-4-11-25(12-5-1)37-42-38(26-13-6-2-7-14-26)44-39(43-37)29-20-21-33-31(23-29)36-30(17-10-18-35(36)45-33)28-19-22-34-32(24-28)41-40(46-34)27-15-8-3-9-16-27/h1-24H. The van der Waals surface area contributed by atoms with Crippen LogP contribution in [0.2, 0.25) is 0 Å². The third-order valence-electron chi connectivity index (χ3n) is 8.17. The van der Waals surface area contributed by atoms with Crippen LogP contribution in [0.3, 0.4) is 0 Å². The van der Waals surface area contributed by atoms with Gasteiger partial charge in [-0.05, 0) is 59.7 Å². The molecule has 9 rings (SSSR count). The zero-order chi connectivity index (χ0) is 30.5. The molecule has 0 unspecified atom stereocenters. The lowest BCUT2D eigenvalue weighted by Crippen LogP contribution is -2.00. The van der Waals surface area contributed by atoms with Crippen molar-refractivity contribution in [1.29, 1.82) is 0 Å². The number of furan rings is 1. The van der Waals surface area contributed by atoms with Crippen molar-refractivity contribution < 1.29 is 8.83 Å². The first-order valence-electron chi connectivity index (χ1n) is 15.1. The number of hydrogen-bond donors (Lipinski definition) is 0. The van der Waals surface area contributed by atoms with Crippen LogP contribution in [0.15, 0.2) is 154 Å². The van der Waals surface area contributed by atoms with Gasteiger partial charge >= 0.3 is 0 Å². The summed E-state index contributed by atoms with van der Waals surface area (Å²) >= 11 is 0. The highest BCUT2D eigenvalue weighted by Gasteiger charge is 2.17. The Morgan fingerprint density at radius 3 is 1.63 bits per heavy atom. The van der Waals surface area contributed by atoms with Crippen LogP contribution < -0.4 is 0 Å². The zero-order valence-electron chi connectivity index (χ0n) is 24.5. The third kappa shape index (κ3) is 4.52. The highest BCUT2D eigenvalue weighted by atomic mass is 16.3. The summed E-state index contributed by atoms with van der Waals surface area (Å²) in [4.78, 5) is 19.5. The molecule has 3 heterocycles. The van der Waals surface area contributed by atoms with Crippen molar-refractivity contribution in [2.24, 2.45) is 0 Å². The summed E-state index contributed by atoms with van der Waals surface area (Å²) in [6, 6.07) is 48.3. The summed E-state index contributed by atoms with van der Waals surface area (Å²) in [5.74, 6) is 2.45. The van der Waals surface area contributed by atoms with Gasteiger partial charge < -0.3 is 8.83 Å². The fourth-order valence-corrected chi connectivity index (χ4v) is 5.94. The van der Waals surface area contributed by atoms with E-state index in [-0.39, 0.29) is 0 Å². The number of aromatic nitrogens is 4. The lowest BCUT2D eigenvalue weighted by molar-refractivity contribution is 0.620. The Balaban J connectivity index is 1.20. The van der Waals surface area contributed by atoms with Crippen LogP contribution >= 0.6 is 0 Å². The predicted octanol–water partition coefficient (Wildman–Crippen LogP) is 10.2. The van der Waals surface area contributed by atoms with E-state index in [1.54, 1.807) is 0 Å². The maximum absolute atomic E-state index is 6.35. The highest BCUT2D eigenvalue weighted by Crippen LogP contribution is 2.39. The number of oxazole rings is 1. The van der Waals surface area contributed by atoms with E-state index < -0.39 is 0 Å². The average molecular weight is 593 g/mol. The van der Waals surface area contributed by atoms with E-state index in [4.69, 9.17) is 28.8 Å². The van der Waals surface area contributed by atoms with Gasteiger partial charge in [-0.25, -0.2) is 19.9 Å². The molecule has 6 aromatic carbocycles. The quantitative estimate of drug-likeness (QED) is 0.198. The van der Waals surface area contributed by atoms with Crippen LogP contribution in [0.1, 0.15) is 0 Å². The second-order valence-corrected chi connectivity index (χ2v) is 11.1. The fraction of sp³-hybridized carbons (Fsp3) is 0. The molecule has 216 valence electrons. The van der Waals surface area contributed by atoms with E-state index >= 15 is 0 Å². The molecular formula is C40H24N4O2. The van der Waals surface area contributed by atoms with Gasteiger partial charge in [0.05, 0.1) is 0 Å². The SMILES string of the molecule is c1ccc(-c2nc(-c3ccccc3)nc(-c3ccc4oc5cccc(-c6ccc7oc(-c8ccccc8)nc7c6)c5c4c3)n2)cc1. The van der Waals surface area contributed by atoms with Gasteiger partial charge in [0.15, 0.2) is 23.1 Å². The first kappa shape index (κ1) is 26.0. The molecule has 9 aromatic rings. The number of benzene rings is 6. The van der Waals surface area contributed by atoms with E-state index in [2.05, 4.69) is 24.3 Å². The Bertz CT molecular complexity index is 2460. The monoisotopic (exact) mass is 592 g/mol. The summed E-state index contributed by atoms with van der Waals surface area (Å²) in [5, 5.41) is 2.00. The predicted molar refractivity (Wildman–Crippen MR) is 182 cm³/mol. The molecule has 0 aliphatic carbocycles. The van der Waals surface area contributed by atoms with Gasteiger partial charge in [-0.3, -0.25) is 0 Å². The third-order valence-corrected chi connectivity index (χ3v) is 8.17. The molecule has 0 saturated carbocycles. The Morgan fingerprint density at radius 1 is 0.370 bits per heavy atom. The molecule has 0 spiro atoms. The van der Waals surface area contributed by atoms with Crippen molar-refractivity contribution in [2.45, 2.75) is 0 Å². The molecular weight excluding hydrogens is 568 g/mol. The van der Waals surface area contributed by atoms with E-state index in [1.165, 1.54) is 0 Å². The van der Waals surface area contributed by atoms with Gasteiger partial charge in [-0.1, -0.05) is 97.1 Å². The van der Waals surface area contributed by atoms with Gasteiger partial charge in [0.1, 0.15) is 16.7 Å². The van der Waals surface area contributed by atoms with Gasteiger partial charge in [0.2, 0.25) is 5.89 Å². The fourth-order valence-electron chi connectivity index (χ4n) is 5.94. The smallest absolute Gasteiger partial charge is 0.227 e. The first-order chi connectivity index (χ1) is 22.8. The molecule has 0 fully saturated rings. The van der Waals surface area contributed by atoms with Crippen molar-refractivity contribution >= 4 is 33.0 Å². The maximum atomic E-state index is 6.35. The molecule has 0 N–H and O–H groups in total. The van der Waals surface area contributed by atoms with Crippen LogP contribution in [0, 0.1) is 0 Å². The van der Waals surface area contributed by atoms with Crippen molar-refractivity contribution in [3.8, 4) is 56.7 Å². The molecule has 0 aliphatic heterocycles. The minimum Gasteiger partial charge on any atom is -0.456 e. The lowest BCUT2D eigenvalue weighted by Gasteiger charge is -2.08. The van der Waals surface area contributed by atoms with E-state index in [0.717, 1.165) is 66.4 Å². The molecule has 0 bridgehead atoms. The second-order valence-electron chi connectivity index (χ2n) is 11.1. The van der Waals surface area contributed by atoms with E-state index in [9.17, 15) is 0 Å². The molecule has 6 heteroatoms. The van der Waals surface area contributed by atoms with E-state index in [1.807, 2.05) is 121 Å². The first-order valence-corrected chi connectivity index (χ1v) is 15.1. The number of rotatable bonds is 5. The van der Waals surface area contributed by atoms with Gasteiger partial charge in [0.25, 0.3) is 0 Å². The molecule has 0 amide bonds. The average Bonchev–Trinajstić information content (AvgIpc) is 3.74.